The molecule has 12 heteroatoms. The van der Waals surface area contributed by atoms with Crippen LogP contribution in [-0.2, 0) is 22.9 Å². The van der Waals surface area contributed by atoms with E-state index in [1.807, 2.05) is 6.92 Å². The first kappa shape index (κ1) is 30.3. The predicted octanol–water partition coefficient (Wildman–Crippen LogP) is 2.96. The molecule has 1 aliphatic heterocycles. The summed E-state index contributed by atoms with van der Waals surface area (Å²) in [5, 5.41) is 28.5. The van der Waals surface area contributed by atoms with Gasteiger partial charge in [0.05, 0.1) is 29.1 Å². The number of aliphatic hydroxyl groups is 3. The van der Waals surface area contributed by atoms with Gasteiger partial charge in [0.15, 0.2) is 5.34 Å². The Balaban J connectivity index is 3.12. The fourth-order valence-corrected chi connectivity index (χ4v) is 7.64. The lowest BCUT2D eigenvalue weighted by molar-refractivity contribution is -0.0348. The highest BCUT2D eigenvalue weighted by atomic mass is 31.2. The molecule has 1 heterocycles. The Morgan fingerprint density at radius 3 is 1.94 bits per heavy atom. The zero-order valence-electron chi connectivity index (χ0n) is 20.5. The van der Waals surface area contributed by atoms with Crippen LogP contribution in [0.5, 0.6) is 0 Å². The van der Waals surface area contributed by atoms with Gasteiger partial charge in [-0.05, 0) is 40.0 Å². The van der Waals surface area contributed by atoms with E-state index in [-0.39, 0.29) is 19.3 Å². The van der Waals surface area contributed by atoms with Gasteiger partial charge in [-0.3, -0.25) is 13.7 Å². The first-order valence-corrected chi connectivity index (χ1v) is 14.8. The van der Waals surface area contributed by atoms with E-state index < -0.39 is 61.5 Å². The third-order valence-corrected chi connectivity index (χ3v) is 12.0. The molecule has 1 rings (SSSR count). The molecule has 9 nitrogen and oxygen atoms in total. The minimum absolute atomic E-state index is 0.000841. The summed E-state index contributed by atoms with van der Waals surface area (Å²) >= 11 is 0. The fourth-order valence-electron chi connectivity index (χ4n) is 3.65. The third kappa shape index (κ3) is 6.47. The average molecular weight is 498 g/mol. The van der Waals surface area contributed by atoms with Gasteiger partial charge in [-0.25, -0.2) is 0 Å². The van der Waals surface area contributed by atoms with E-state index in [1.165, 1.54) is 13.6 Å². The summed E-state index contributed by atoms with van der Waals surface area (Å²) < 4.78 is 43.8. The monoisotopic (exact) mass is 498 g/mol. The van der Waals surface area contributed by atoms with Crippen LogP contribution in [0, 0.1) is 0 Å². The van der Waals surface area contributed by atoms with Gasteiger partial charge >= 0.3 is 7.60 Å². The molecule has 0 amide bonds. The lowest BCUT2D eigenvalue weighted by Crippen LogP contribution is -2.44. The van der Waals surface area contributed by atoms with Crippen LogP contribution in [0.4, 0.5) is 0 Å². The van der Waals surface area contributed by atoms with E-state index in [1.54, 1.807) is 34.6 Å². The molecule has 0 aromatic carbocycles. The molecule has 188 valence electrons. The third-order valence-electron chi connectivity index (χ3n) is 7.08. The summed E-state index contributed by atoms with van der Waals surface area (Å²) in [5.41, 5.74) is -3.13. The van der Waals surface area contributed by atoms with Gasteiger partial charge in [0.1, 0.15) is 14.0 Å². The van der Waals surface area contributed by atoms with Crippen LogP contribution >= 0.6 is 15.0 Å². The molecule has 0 aromatic heterocycles. The Bertz CT molecular complexity index is 736. The van der Waals surface area contributed by atoms with Crippen molar-refractivity contribution in [1.82, 2.24) is 0 Å². The van der Waals surface area contributed by atoms with Gasteiger partial charge in [-0.2, -0.15) is 0 Å². The zero-order chi connectivity index (χ0) is 25.3. The van der Waals surface area contributed by atoms with Crippen molar-refractivity contribution in [2.24, 2.45) is 0 Å². The van der Waals surface area contributed by atoms with Crippen LogP contribution in [0.2, 0.25) is 0 Å². The molecule has 2 radical (unpaired) electrons. The topological polar surface area (TPSA) is 143 Å². The van der Waals surface area contributed by atoms with E-state index in [9.17, 15) is 29.3 Å². The smallest absolute Gasteiger partial charge is 0.359 e. The SMILES string of the molecule is [B][C@@H]1O[C@H](CC(C)(CC)OP(C)(=O)C(C)C(C)(CC)OP(=O)(O)C(C)(O)CC)[C@@H](O)[C@H]1O. The van der Waals surface area contributed by atoms with Gasteiger partial charge in [0.25, 0.3) is 0 Å². The lowest BCUT2D eigenvalue weighted by Gasteiger charge is -2.43. The number of aliphatic hydroxyl groups excluding tert-OH is 2. The summed E-state index contributed by atoms with van der Waals surface area (Å²) in [5.74, 6) is 0. The van der Waals surface area contributed by atoms with Crippen LogP contribution in [0.1, 0.15) is 74.1 Å². The molecule has 0 spiro atoms. The molecule has 1 fully saturated rings. The molecule has 0 bridgehead atoms. The number of hydrogen-bond donors (Lipinski definition) is 4. The summed E-state index contributed by atoms with van der Waals surface area (Å²) in [7, 11) is -2.30. The molecule has 4 N–H and O–H groups in total. The average Bonchev–Trinajstić information content (AvgIpc) is 2.92. The van der Waals surface area contributed by atoms with Crippen LogP contribution < -0.4 is 0 Å². The van der Waals surface area contributed by atoms with Crippen LogP contribution in [0.25, 0.3) is 0 Å². The van der Waals surface area contributed by atoms with Crippen molar-refractivity contribution < 1.29 is 43.1 Å². The predicted molar refractivity (Wildman–Crippen MR) is 124 cm³/mol. The lowest BCUT2D eigenvalue weighted by atomic mass is 9.90. The van der Waals surface area contributed by atoms with Crippen LogP contribution in [0.3, 0.4) is 0 Å². The summed E-state index contributed by atoms with van der Waals surface area (Å²) in [6.45, 7) is 12.7. The first-order chi connectivity index (χ1) is 14.3. The first-order valence-electron chi connectivity index (χ1n) is 11.1. The van der Waals surface area contributed by atoms with Crippen molar-refractivity contribution in [3.63, 3.8) is 0 Å². The van der Waals surface area contributed by atoms with Gasteiger partial charge in [0.2, 0.25) is 7.37 Å². The molecule has 10 atom stereocenters. The Morgan fingerprint density at radius 2 is 1.56 bits per heavy atom. The highest BCUT2D eigenvalue weighted by Gasteiger charge is 2.52. The second-order valence-corrected chi connectivity index (χ2v) is 14.6. The van der Waals surface area contributed by atoms with Crippen molar-refractivity contribution in [3.05, 3.63) is 0 Å². The molecular formula is C20H41BO9P2. The highest BCUT2D eigenvalue weighted by Crippen LogP contribution is 2.63. The molecule has 1 saturated heterocycles. The quantitative estimate of drug-likeness (QED) is 0.236. The fraction of sp³-hybridized carbons (Fsp3) is 1.00. The van der Waals surface area contributed by atoms with E-state index in [0.717, 1.165) is 0 Å². The molecule has 0 saturated carbocycles. The van der Waals surface area contributed by atoms with E-state index >= 15 is 0 Å². The van der Waals surface area contributed by atoms with Crippen molar-refractivity contribution >= 4 is 22.8 Å². The van der Waals surface area contributed by atoms with Gasteiger partial charge in [-0.15, -0.1) is 0 Å². The summed E-state index contributed by atoms with van der Waals surface area (Å²) in [4.78, 5) is 10.4. The highest BCUT2D eigenvalue weighted by molar-refractivity contribution is 7.59. The van der Waals surface area contributed by atoms with E-state index in [0.29, 0.717) is 6.42 Å². The minimum Gasteiger partial charge on any atom is -0.388 e. The minimum atomic E-state index is -4.48. The maximum absolute atomic E-state index is 13.8. The van der Waals surface area contributed by atoms with Crippen LogP contribution in [-0.4, -0.2) is 81.2 Å². The molecule has 0 aromatic rings. The Hall–Kier alpha value is 0.245. The number of ether oxygens (including phenoxy) is 1. The maximum atomic E-state index is 13.8. The van der Waals surface area contributed by atoms with E-state index in [2.05, 4.69) is 0 Å². The molecule has 32 heavy (non-hydrogen) atoms. The second-order valence-electron chi connectivity index (χ2n) is 9.65. The Morgan fingerprint density at radius 1 is 1.03 bits per heavy atom. The van der Waals surface area contributed by atoms with Gasteiger partial charge in [0, 0.05) is 19.1 Å². The Kier molecular flexibility index (Phi) is 9.91. The Labute approximate surface area is 193 Å². The molecule has 0 aliphatic carbocycles. The van der Waals surface area contributed by atoms with Crippen molar-refractivity contribution in [3.8, 4) is 0 Å². The molecule has 6 unspecified atom stereocenters. The standard InChI is InChI=1S/C20H41BO9P2/c1-9-18(5,12-14-15(22)16(23)17(21)28-14)29-31(8,25)13(4)19(6,10-2)30-32(26,27)20(7,24)11-3/h13-17,22-24H,9-12H2,1-8H3,(H,26,27)/t13?,14-,15-,16-,17-,18?,19?,20?,31?/m1/s1. The van der Waals surface area contributed by atoms with Crippen molar-refractivity contribution in [2.75, 3.05) is 6.66 Å². The second kappa shape index (κ2) is 10.5. The summed E-state index contributed by atoms with van der Waals surface area (Å²) in [6, 6.07) is -1.02. The van der Waals surface area contributed by atoms with E-state index in [4.69, 9.17) is 21.6 Å². The number of hydrogen-bond acceptors (Lipinski definition) is 8. The largest absolute Gasteiger partial charge is 0.388 e. The van der Waals surface area contributed by atoms with Crippen molar-refractivity contribution in [1.29, 1.82) is 0 Å². The van der Waals surface area contributed by atoms with Gasteiger partial charge in [-0.1, -0.05) is 27.7 Å². The molecule has 1 aliphatic rings. The molecular weight excluding hydrogens is 457 g/mol. The normalized spacial score (nSPS) is 34.5. The zero-order valence-corrected chi connectivity index (χ0v) is 22.3. The van der Waals surface area contributed by atoms with Crippen molar-refractivity contribution in [2.45, 2.75) is 121 Å². The number of rotatable bonds is 12. The summed E-state index contributed by atoms with van der Waals surface area (Å²) in [6.07, 6.45) is -2.43. The maximum Gasteiger partial charge on any atom is 0.359 e. The van der Waals surface area contributed by atoms with Crippen LogP contribution in [0.15, 0.2) is 0 Å². The van der Waals surface area contributed by atoms with Gasteiger partial charge < -0.3 is 29.5 Å².